The lowest BCUT2D eigenvalue weighted by Gasteiger charge is -2.40. The van der Waals surface area contributed by atoms with Gasteiger partial charge in [-0.1, -0.05) is 0 Å². The molecular formula is C8H12N2O5S. The summed E-state index contributed by atoms with van der Waals surface area (Å²) in [5.74, 6) is 0. The predicted molar refractivity (Wildman–Crippen MR) is 52.1 cm³/mol. The number of amides is 1. The summed E-state index contributed by atoms with van der Waals surface area (Å²) >= 11 is 0. The van der Waals surface area contributed by atoms with E-state index in [1.165, 1.54) is 9.21 Å². The van der Waals surface area contributed by atoms with Crippen LogP contribution in [0, 0.1) is 0 Å². The third-order valence-corrected chi connectivity index (χ3v) is 5.23. The minimum Gasteiger partial charge on any atom is -0.465 e. The Hall–Kier alpha value is -0.860. The molecular weight excluding hydrogens is 236 g/mol. The van der Waals surface area contributed by atoms with Gasteiger partial charge in [-0.3, -0.25) is 4.18 Å². The lowest BCUT2D eigenvalue weighted by Crippen LogP contribution is -2.61. The Kier molecular flexibility index (Phi) is 1.85. The fraction of sp³-hybridized carbons (Fsp3) is 0.875. The molecule has 2 unspecified atom stereocenters. The molecule has 8 heteroatoms. The largest absolute Gasteiger partial charge is 0.465 e. The summed E-state index contributed by atoms with van der Waals surface area (Å²) in [5.41, 5.74) is -0.639. The van der Waals surface area contributed by atoms with Crippen LogP contribution in [0.4, 0.5) is 4.79 Å². The summed E-state index contributed by atoms with van der Waals surface area (Å²) in [6.45, 7) is 0.549. The quantitative estimate of drug-likeness (QED) is 0.622. The molecule has 2 atom stereocenters. The first-order chi connectivity index (χ1) is 7.45. The lowest BCUT2D eigenvalue weighted by atomic mass is 9.98. The molecule has 0 aromatic carbocycles. The Bertz CT molecular complexity index is 449. The van der Waals surface area contributed by atoms with E-state index >= 15 is 0 Å². The molecule has 3 rings (SSSR count). The number of likely N-dealkylation sites (tertiary alicyclic amines) is 1. The highest BCUT2D eigenvalue weighted by atomic mass is 32.2. The van der Waals surface area contributed by atoms with Crippen molar-refractivity contribution in [2.45, 2.75) is 24.4 Å². The molecule has 3 heterocycles. The molecule has 3 fully saturated rings. The summed E-state index contributed by atoms with van der Waals surface area (Å²) in [7, 11) is -3.63. The molecule has 2 bridgehead atoms. The van der Waals surface area contributed by atoms with E-state index in [9.17, 15) is 13.2 Å². The Morgan fingerprint density at radius 1 is 1.50 bits per heavy atom. The van der Waals surface area contributed by atoms with Gasteiger partial charge < -0.3 is 10.0 Å². The summed E-state index contributed by atoms with van der Waals surface area (Å²) < 4.78 is 29.5. The third-order valence-electron chi connectivity index (χ3n) is 3.65. The molecule has 90 valence electrons. The number of piperazine rings is 1. The highest BCUT2D eigenvalue weighted by Gasteiger charge is 2.62. The van der Waals surface area contributed by atoms with Crippen LogP contribution >= 0.6 is 0 Å². The number of rotatable bonds is 0. The number of carboxylic acid groups (broad SMARTS) is 1. The molecule has 1 N–H and O–H groups in total. The highest BCUT2D eigenvalue weighted by Crippen LogP contribution is 2.45. The van der Waals surface area contributed by atoms with Crippen LogP contribution in [-0.4, -0.2) is 60.1 Å². The molecule has 0 aromatic heterocycles. The fourth-order valence-electron chi connectivity index (χ4n) is 3.03. The molecule has 0 aliphatic carbocycles. The van der Waals surface area contributed by atoms with Gasteiger partial charge in [0, 0.05) is 19.1 Å². The van der Waals surface area contributed by atoms with Crippen molar-refractivity contribution in [3.8, 4) is 0 Å². The van der Waals surface area contributed by atoms with E-state index in [4.69, 9.17) is 9.29 Å². The number of carbonyl (C=O) groups is 1. The highest BCUT2D eigenvalue weighted by molar-refractivity contribution is 7.84. The average Bonchev–Trinajstić information content (AvgIpc) is 2.61. The molecule has 3 aliphatic heterocycles. The third kappa shape index (κ3) is 1.14. The van der Waals surface area contributed by atoms with Gasteiger partial charge in [0.1, 0.15) is 0 Å². The van der Waals surface area contributed by atoms with Crippen LogP contribution in [0.25, 0.3) is 0 Å². The molecule has 16 heavy (non-hydrogen) atoms. The Morgan fingerprint density at radius 2 is 2.25 bits per heavy atom. The van der Waals surface area contributed by atoms with Crippen LogP contribution in [0.2, 0.25) is 0 Å². The molecule has 1 amide bonds. The van der Waals surface area contributed by atoms with E-state index in [0.717, 1.165) is 0 Å². The van der Waals surface area contributed by atoms with E-state index < -0.39 is 21.9 Å². The smallest absolute Gasteiger partial charge is 0.407 e. The maximum atomic E-state index is 11.7. The molecule has 3 saturated heterocycles. The van der Waals surface area contributed by atoms with Crippen LogP contribution in [0.3, 0.4) is 0 Å². The predicted octanol–water partition coefficient (Wildman–Crippen LogP) is -0.542. The van der Waals surface area contributed by atoms with Gasteiger partial charge in [-0.25, -0.2) is 4.79 Å². The van der Waals surface area contributed by atoms with Crippen molar-refractivity contribution >= 4 is 16.4 Å². The minimum absolute atomic E-state index is 0.0790. The first kappa shape index (κ1) is 10.3. The van der Waals surface area contributed by atoms with Gasteiger partial charge in [0.15, 0.2) is 0 Å². The van der Waals surface area contributed by atoms with Crippen molar-refractivity contribution in [1.82, 2.24) is 9.21 Å². The van der Waals surface area contributed by atoms with Gasteiger partial charge in [-0.15, -0.1) is 0 Å². The van der Waals surface area contributed by atoms with Crippen molar-refractivity contribution in [2.75, 3.05) is 19.7 Å². The monoisotopic (exact) mass is 248 g/mol. The van der Waals surface area contributed by atoms with Gasteiger partial charge in [0.05, 0.1) is 12.1 Å². The van der Waals surface area contributed by atoms with Gasteiger partial charge >= 0.3 is 16.4 Å². The Labute approximate surface area is 92.8 Å². The van der Waals surface area contributed by atoms with E-state index in [1.807, 2.05) is 0 Å². The van der Waals surface area contributed by atoms with Gasteiger partial charge in [0.25, 0.3) is 0 Å². The van der Waals surface area contributed by atoms with Crippen LogP contribution < -0.4 is 0 Å². The standard InChI is InChI=1S/C8H12N2O5S/c11-7(12)9-3-6-1-2-8(4-9)5-15-16(13,14)10(6)8/h6H,1-5H2,(H,11,12). The van der Waals surface area contributed by atoms with E-state index in [1.54, 1.807) is 0 Å². The summed E-state index contributed by atoms with van der Waals surface area (Å²) in [5, 5.41) is 8.97. The first-order valence-electron chi connectivity index (χ1n) is 5.11. The van der Waals surface area contributed by atoms with Crippen molar-refractivity contribution in [3.63, 3.8) is 0 Å². The zero-order valence-electron chi connectivity index (χ0n) is 8.50. The maximum Gasteiger partial charge on any atom is 0.407 e. The maximum absolute atomic E-state index is 11.7. The fourth-order valence-corrected chi connectivity index (χ4v) is 4.72. The second kappa shape index (κ2) is 2.88. The Balaban J connectivity index is 2.00. The van der Waals surface area contributed by atoms with Gasteiger partial charge in [-0.2, -0.15) is 12.7 Å². The second-order valence-corrected chi connectivity index (χ2v) is 6.08. The second-order valence-electron chi connectivity index (χ2n) is 4.60. The van der Waals surface area contributed by atoms with Crippen LogP contribution in [-0.2, 0) is 14.5 Å². The van der Waals surface area contributed by atoms with Crippen LogP contribution in [0.1, 0.15) is 12.8 Å². The molecule has 0 radical (unpaired) electrons. The Morgan fingerprint density at radius 3 is 2.94 bits per heavy atom. The zero-order valence-corrected chi connectivity index (χ0v) is 9.31. The summed E-state index contributed by atoms with van der Waals surface area (Å²) in [6, 6.07) is -0.252. The van der Waals surface area contributed by atoms with Crippen molar-refractivity contribution < 1.29 is 22.5 Å². The molecule has 0 spiro atoms. The SMILES string of the molecule is O=C(O)N1CC2CCC3(COS(=O)(=O)N23)C1. The van der Waals surface area contributed by atoms with Crippen molar-refractivity contribution in [1.29, 1.82) is 0 Å². The summed E-state index contributed by atoms with van der Waals surface area (Å²) in [4.78, 5) is 12.2. The molecule has 3 aliphatic rings. The zero-order chi connectivity index (χ0) is 11.6. The van der Waals surface area contributed by atoms with Crippen molar-refractivity contribution in [3.05, 3.63) is 0 Å². The van der Waals surface area contributed by atoms with E-state index in [0.29, 0.717) is 12.8 Å². The van der Waals surface area contributed by atoms with Crippen molar-refractivity contribution in [2.24, 2.45) is 0 Å². The van der Waals surface area contributed by atoms with E-state index in [-0.39, 0.29) is 25.7 Å². The van der Waals surface area contributed by atoms with Gasteiger partial charge in [-0.05, 0) is 12.8 Å². The molecule has 7 nitrogen and oxygen atoms in total. The minimum atomic E-state index is -3.63. The van der Waals surface area contributed by atoms with E-state index in [2.05, 4.69) is 0 Å². The number of nitrogens with zero attached hydrogens (tertiary/aromatic N) is 2. The number of hydrogen-bond donors (Lipinski definition) is 1. The normalized spacial score (nSPS) is 41.0. The van der Waals surface area contributed by atoms with Crippen LogP contribution in [0.15, 0.2) is 0 Å². The first-order valence-corrected chi connectivity index (χ1v) is 6.48. The summed E-state index contributed by atoms with van der Waals surface area (Å²) in [6.07, 6.45) is 0.405. The van der Waals surface area contributed by atoms with Crippen LogP contribution in [0.5, 0.6) is 0 Å². The number of hydrogen-bond acceptors (Lipinski definition) is 4. The topological polar surface area (TPSA) is 87.1 Å². The lowest BCUT2D eigenvalue weighted by molar-refractivity contribution is 0.0640. The molecule has 0 saturated carbocycles. The van der Waals surface area contributed by atoms with Gasteiger partial charge in [0.2, 0.25) is 0 Å². The molecule has 0 aromatic rings. The average molecular weight is 248 g/mol.